The minimum atomic E-state index is 0.0455. The van der Waals surface area contributed by atoms with E-state index in [9.17, 15) is 4.79 Å². The summed E-state index contributed by atoms with van der Waals surface area (Å²) in [5, 5.41) is 9.80. The number of H-pyrrole nitrogens is 1. The van der Waals surface area contributed by atoms with Gasteiger partial charge in [0, 0.05) is 26.2 Å². The van der Waals surface area contributed by atoms with Crippen LogP contribution >= 0.6 is 35.2 Å². The molecule has 1 amide bonds. The third-order valence-electron chi connectivity index (χ3n) is 4.62. The van der Waals surface area contributed by atoms with Gasteiger partial charge >= 0.3 is 0 Å². The first-order valence-electron chi connectivity index (χ1n) is 8.60. The molecular weight excluding hydrogens is 402 g/mol. The molecular formula is C18H18ClN5OS2. The summed E-state index contributed by atoms with van der Waals surface area (Å²) in [7, 11) is 0. The number of hydrogen-bond donors (Lipinski definition) is 1. The van der Waals surface area contributed by atoms with Gasteiger partial charge in [-0.25, -0.2) is 0 Å². The van der Waals surface area contributed by atoms with Crippen LogP contribution in [-0.4, -0.2) is 51.8 Å². The van der Waals surface area contributed by atoms with Gasteiger partial charge in [-0.15, -0.1) is 11.3 Å². The average Bonchev–Trinajstić information content (AvgIpc) is 3.33. The number of halogens is 1. The molecule has 0 saturated carbocycles. The lowest BCUT2D eigenvalue weighted by Gasteiger charge is -2.36. The van der Waals surface area contributed by atoms with Crippen LogP contribution < -0.4 is 4.90 Å². The fraction of sp³-hybridized carbons (Fsp3) is 0.278. The van der Waals surface area contributed by atoms with Gasteiger partial charge in [-0.1, -0.05) is 29.8 Å². The second-order valence-corrected chi connectivity index (χ2v) is 7.98. The predicted molar refractivity (Wildman–Crippen MR) is 111 cm³/mol. The fourth-order valence-electron chi connectivity index (χ4n) is 3.20. The highest BCUT2D eigenvalue weighted by atomic mass is 35.5. The third kappa shape index (κ3) is 3.78. The second-order valence-electron chi connectivity index (χ2n) is 6.24. The van der Waals surface area contributed by atoms with Gasteiger partial charge < -0.3 is 9.80 Å². The Kier molecular flexibility index (Phi) is 5.29. The molecule has 1 aromatic carbocycles. The number of aromatic amines is 1. The number of rotatable bonds is 4. The zero-order valence-electron chi connectivity index (χ0n) is 14.5. The molecule has 0 atom stereocenters. The molecule has 6 nitrogen and oxygen atoms in total. The number of nitrogens with zero attached hydrogens (tertiary/aromatic N) is 4. The Balaban J connectivity index is 1.43. The number of para-hydroxylation sites is 1. The van der Waals surface area contributed by atoms with E-state index in [-0.39, 0.29) is 12.5 Å². The molecule has 0 bridgehead atoms. The minimum absolute atomic E-state index is 0.0455. The van der Waals surface area contributed by atoms with Crippen LogP contribution in [0.25, 0.3) is 10.7 Å². The molecule has 0 unspecified atom stereocenters. The SMILES string of the molecule is O=C(Cn1c(-c2cccs2)n[nH]c1=S)N1CCN(c2ccccc2Cl)CC1. The first-order valence-corrected chi connectivity index (χ1v) is 10.3. The van der Waals surface area contributed by atoms with E-state index in [1.54, 1.807) is 15.9 Å². The number of nitrogens with one attached hydrogen (secondary N) is 1. The molecule has 1 N–H and O–H groups in total. The number of anilines is 1. The van der Waals surface area contributed by atoms with Crippen molar-refractivity contribution >= 4 is 46.8 Å². The Labute approximate surface area is 171 Å². The van der Waals surface area contributed by atoms with Gasteiger partial charge in [0.15, 0.2) is 10.6 Å². The van der Waals surface area contributed by atoms with Crippen molar-refractivity contribution in [1.29, 1.82) is 0 Å². The van der Waals surface area contributed by atoms with Gasteiger partial charge in [0.05, 0.1) is 15.6 Å². The van der Waals surface area contributed by atoms with Crippen LogP contribution in [0.5, 0.6) is 0 Å². The molecule has 0 radical (unpaired) electrons. The van der Waals surface area contributed by atoms with Crippen LogP contribution in [0.15, 0.2) is 41.8 Å². The highest BCUT2D eigenvalue weighted by molar-refractivity contribution is 7.71. The number of piperazine rings is 1. The van der Waals surface area contributed by atoms with Crippen LogP contribution in [0.2, 0.25) is 5.02 Å². The molecule has 2 aromatic heterocycles. The van der Waals surface area contributed by atoms with E-state index >= 15 is 0 Å². The van der Waals surface area contributed by atoms with Crippen LogP contribution in [0.3, 0.4) is 0 Å². The molecule has 0 aliphatic carbocycles. The highest BCUT2D eigenvalue weighted by Crippen LogP contribution is 2.26. The summed E-state index contributed by atoms with van der Waals surface area (Å²) in [6.45, 7) is 3.01. The van der Waals surface area contributed by atoms with Gasteiger partial charge in [-0.05, 0) is 35.8 Å². The lowest BCUT2D eigenvalue weighted by Crippen LogP contribution is -2.49. The second kappa shape index (κ2) is 7.84. The molecule has 140 valence electrons. The van der Waals surface area contributed by atoms with Crippen molar-refractivity contribution in [3.05, 3.63) is 51.6 Å². The molecule has 1 aliphatic heterocycles. The quantitative estimate of drug-likeness (QED) is 0.655. The molecule has 0 spiro atoms. The average molecular weight is 420 g/mol. The monoisotopic (exact) mass is 419 g/mol. The molecule has 1 aliphatic rings. The zero-order chi connectivity index (χ0) is 18.8. The highest BCUT2D eigenvalue weighted by Gasteiger charge is 2.23. The smallest absolute Gasteiger partial charge is 0.242 e. The van der Waals surface area contributed by atoms with E-state index in [0.29, 0.717) is 23.7 Å². The van der Waals surface area contributed by atoms with Crippen LogP contribution in [-0.2, 0) is 11.3 Å². The van der Waals surface area contributed by atoms with E-state index in [2.05, 4.69) is 15.1 Å². The van der Waals surface area contributed by atoms with E-state index in [1.807, 2.05) is 46.7 Å². The summed E-state index contributed by atoms with van der Waals surface area (Å²) in [5.74, 6) is 0.752. The maximum absolute atomic E-state index is 12.8. The van der Waals surface area contributed by atoms with E-state index in [0.717, 1.165) is 28.7 Å². The van der Waals surface area contributed by atoms with Gasteiger partial charge in [0.25, 0.3) is 0 Å². The van der Waals surface area contributed by atoms with Crippen molar-refractivity contribution in [2.45, 2.75) is 6.54 Å². The molecule has 1 fully saturated rings. The Morgan fingerprint density at radius 2 is 1.96 bits per heavy atom. The van der Waals surface area contributed by atoms with Crippen LogP contribution in [0, 0.1) is 4.77 Å². The normalized spacial score (nSPS) is 14.6. The van der Waals surface area contributed by atoms with E-state index < -0.39 is 0 Å². The van der Waals surface area contributed by atoms with Crippen molar-refractivity contribution in [3.63, 3.8) is 0 Å². The summed E-state index contributed by atoms with van der Waals surface area (Å²) in [6.07, 6.45) is 0. The van der Waals surface area contributed by atoms with Crippen molar-refractivity contribution in [1.82, 2.24) is 19.7 Å². The zero-order valence-corrected chi connectivity index (χ0v) is 16.9. The Hall–Kier alpha value is -2.16. The molecule has 3 heterocycles. The van der Waals surface area contributed by atoms with Gasteiger partial charge in [0.2, 0.25) is 5.91 Å². The van der Waals surface area contributed by atoms with E-state index in [4.69, 9.17) is 23.8 Å². The first-order chi connectivity index (χ1) is 13.1. The lowest BCUT2D eigenvalue weighted by atomic mass is 10.2. The van der Waals surface area contributed by atoms with Crippen LogP contribution in [0.4, 0.5) is 5.69 Å². The third-order valence-corrected chi connectivity index (χ3v) is 6.12. The topological polar surface area (TPSA) is 57.2 Å². The summed E-state index contributed by atoms with van der Waals surface area (Å²) in [6, 6.07) is 11.7. The summed E-state index contributed by atoms with van der Waals surface area (Å²) in [4.78, 5) is 17.9. The molecule has 4 rings (SSSR count). The first kappa shape index (κ1) is 18.2. The standard InChI is InChI=1S/C18H18ClN5OS2/c19-13-4-1-2-5-14(13)22-7-9-23(10-8-22)16(25)12-24-17(20-21-18(24)26)15-6-3-11-27-15/h1-6,11H,7-10,12H2,(H,21,26). The van der Waals surface area contributed by atoms with Crippen LogP contribution in [0.1, 0.15) is 0 Å². The number of benzene rings is 1. The van der Waals surface area contributed by atoms with Crippen molar-refractivity contribution < 1.29 is 4.79 Å². The summed E-state index contributed by atoms with van der Waals surface area (Å²) >= 11 is 13.2. The Morgan fingerprint density at radius 1 is 1.19 bits per heavy atom. The van der Waals surface area contributed by atoms with Crippen molar-refractivity contribution in [3.8, 4) is 10.7 Å². The number of carbonyl (C=O) groups is 1. The van der Waals surface area contributed by atoms with Gasteiger partial charge in [0.1, 0.15) is 6.54 Å². The molecule has 1 saturated heterocycles. The maximum atomic E-state index is 12.8. The molecule has 27 heavy (non-hydrogen) atoms. The number of amides is 1. The fourth-order valence-corrected chi connectivity index (χ4v) is 4.37. The number of hydrogen-bond acceptors (Lipinski definition) is 5. The van der Waals surface area contributed by atoms with Gasteiger partial charge in [-0.2, -0.15) is 5.10 Å². The predicted octanol–water partition coefficient (Wildman–Crippen LogP) is 3.67. The largest absolute Gasteiger partial charge is 0.367 e. The maximum Gasteiger partial charge on any atom is 0.242 e. The summed E-state index contributed by atoms with van der Waals surface area (Å²) in [5.41, 5.74) is 1.02. The Morgan fingerprint density at radius 3 is 2.67 bits per heavy atom. The van der Waals surface area contributed by atoms with E-state index in [1.165, 1.54) is 0 Å². The Bertz CT molecular complexity index is 989. The minimum Gasteiger partial charge on any atom is -0.367 e. The van der Waals surface area contributed by atoms with Crippen molar-refractivity contribution in [2.24, 2.45) is 0 Å². The summed E-state index contributed by atoms with van der Waals surface area (Å²) < 4.78 is 2.23. The van der Waals surface area contributed by atoms with Crippen molar-refractivity contribution in [2.75, 3.05) is 31.1 Å². The lowest BCUT2D eigenvalue weighted by molar-refractivity contribution is -0.132. The number of thiophene rings is 1. The molecule has 9 heteroatoms. The number of aromatic nitrogens is 3. The number of carbonyl (C=O) groups excluding carboxylic acids is 1. The molecule has 3 aromatic rings. The van der Waals surface area contributed by atoms with Gasteiger partial charge in [-0.3, -0.25) is 14.5 Å².